The minimum absolute atomic E-state index is 0.0737. The Morgan fingerprint density at radius 2 is 0.312 bits per heavy atom. The maximum absolute atomic E-state index is 6.98. The van der Waals surface area contributed by atoms with E-state index in [0.29, 0.717) is 202 Å². The Kier molecular flexibility index (Phi) is 44.5. The molecule has 0 saturated carbocycles. The van der Waals surface area contributed by atoms with Crippen molar-refractivity contribution in [3.05, 3.63) is 48.5 Å². The molecule has 0 spiro atoms. The highest BCUT2D eigenvalue weighted by atomic mass is 16.7. The first-order valence-electron chi connectivity index (χ1n) is 48.8. The summed E-state index contributed by atoms with van der Waals surface area (Å²) in [6, 6.07) is 14.3. The van der Waals surface area contributed by atoms with Crippen LogP contribution in [0.2, 0.25) is 0 Å². The lowest BCUT2D eigenvalue weighted by molar-refractivity contribution is -0.120. The average molecular weight is 2040 g/mol. The van der Waals surface area contributed by atoms with Gasteiger partial charge in [0.1, 0.15) is 179 Å². The largest absolute Gasteiger partial charge is 0.487 e. The number of H-pyrrole nitrogens is 2. The molecule has 144 heavy (non-hydrogen) atoms. The van der Waals surface area contributed by atoms with Crippen molar-refractivity contribution in [2.24, 2.45) is 0 Å². The lowest BCUT2D eigenvalue weighted by Gasteiger charge is -2.22. The second-order valence-corrected chi connectivity index (χ2v) is 33.5. The molecule has 13 heterocycles. The molecule has 10 aliphatic heterocycles. The van der Waals surface area contributed by atoms with Gasteiger partial charge in [0.05, 0.1) is 264 Å². The number of ether oxygens (including phenoxy) is 40. The smallest absolute Gasteiger partial charge is 0.164 e. The summed E-state index contributed by atoms with van der Waals surface area (Å²) in [6.07, 6.45) is -5.41. The Balaban J connectivity index is 0.901. The quantitative estimate of drug-likeness (QED) is 0.0789. The molecule has 2 N–H and O–H groups in total. The molecular weight excluding hydrogens is 1910 g/mol. The van der Waals surface area contributed by atoms with E-state index < -0.39 is 48.8 Å². The molecule has 8 bridgehead atoms. The third kappa shape index (κ3) is 33.7. The fourth-order valence-corrected chi connectivity index (χ4v) is 15.4. The van der Waals surface area contributed by atoms with Crippen LogP contribution in [0.1, 0.15) is 0 Å². The Morgan fingerprint density at radius 3 is 0.472 bits per heavy atom. The van der Waals surface area contributed by atoms with Crippen molar-refractivity contribution in [3.63, 3.8) is 0 Å². The minimum atomic E-state index is -0.677. The summed E-state index contributed by atoms with van der Waals surface area (Å²) >= 11 is 0. The molecule has 7 aromatic rings. The third-order valence-electron chi connectivity index (χ3n) is 23.0. The number of fused-ring (bicyclic) bond motifs is 20. The van der Waals surface area contributed by atoms with Crippen LogP contribution >= 0.6 is 0 Å². The molecule has 794 valence electrons. The van der Waals surface area contributed by atoms with Gasteiger partial charge in [-0.3, -0.25) is 0 Å². The van der Waals surface area contributed by atoms with E-state index in [-0.39, 0.29) is 305 Å². The summed E-state index contributed by atoms with van der Waals surface area (Å²) < 4.78 is 248. The number of nitrogens with one attached hydrogen (secondary N) is 2. The van der Waals surface area contributed by atoms with Crippen molar-refractivity contribution < 1.29 is 189 Å². The van der Waals surface area contributed by atoms with Gasteiger partial charge < -0.3 is 199 Å². The summed E-state index contributed by atoms with van der Waals surface area (Å²) in [5, 5.41) is 1.75. The predicted molar refractivity (Wildman–Crippen MR) is 499 cm³/mol. The van der Waals surface area contributed by atoms with Gasteiger partial charge in [-0.1, -0.05) is 0 Å². The molecule has 4 aromatic carbocycles. The van der Waals surface area contributed by atoms with Crippen molar-refractivity contribution >= 4 is 44.1 Å². The van der Waals surface area contributed by atoms with E-state index in [2.05, 4.69) is 9.97 Å². The summed E-state index contributed by atoms with van der Waals surface area (Å²) in [4.78, 5) is 40.8. The first kappa shape index (κ1) is 107. The van der Waals surface area contributed by atoms with Gasteiger partial charge in [-0.05, 0) is 48.5 Å². The van der Waals surface area contributed by atoms with E-state index in [9.17, 15) is 0 Å². The number of rotatable bonds is 24. The van der Waals surface area contributed by atoms with Crippen molar-refractivity contribution in [2.75, 3.05) is 371 Å². The van der Waals surface area contributed by atoms with Crippen LogP contribution in [0.5, 0.6) is 46.0 Å². The van der Waals surface area contributed by atoms with E-state index in [0.717, 1.165) is 0 Å². The molecule has 8 fully saturated rings. The highest BCUT2D eigenvalue weighted by Crippen LogP contribution is 2.47. The summed E-state index contributed by atoms with van der Waals surface area (Å²) in [6.45, 7) is 9.71. The normalized spacial score (nSPS) is 24.3. The molecule has 8 atom stereocenters. The van der Waals surface area contributed by atoms with Gasteiger partial charge in [-0.2, -0.15) is 0 Å². The molecule has 10 aliphatic rings. The molecule has 8 unspecified atom stereocenters. The minimum Gasteiger partial charge on any atom is -0.487 e. The highest BCUT2D eigenvalue weighted by Gasteiger charge is 2.33. The van der Waals surface area contributed by atoms with Crippen LogP contribution in [0.25, 0.3) is 89.7 Å². The zero-order chi connectivity index (χ0) is 97.7. The number of hydrogen-bond donors (Lipinski definition) is 2. The number of aromatic nitrogens is 8. The van der Waals surface area contributed by atoms with Crippen LogP contribution in [0.3, 0.4) is 0 Å². The Morgan fingerprint density at radius 1 is 0.174 bits per heavy atom. The lowest BCUT2D eigenvalue weighted by Crippen LogP contribution is -2.29. The summed E-state index contributed by atoms with van der Waals surface area (Å²) in [5.74, 6) is 2.30. The third-order valence-corrected chi connectivity index (χ3v) is 23.0. The van der Waals surface area contributed by atoms with Crippen LogP contribution < -0.4 is 37.9 Å². The number of aromatic amines is 2. The molecule has 17 rings (SSSR count). The SMILES string of the molecule is c1c(OCC2COCCOCCOCO2)c(OCC2COCCOCCOCO2)cc2c1-c1nc-2nc2[nH]c(nc3nc(nc4[nH]c(n1)c1cc(OCC5COCCOCCOCO5)c(OCC5COCCOCCOCO5)cc41)-c1cc(OCC4COCCOCCOCO4)c(OCC4COCCOCCOCO4)cc1-3)c1cc(OCC3COCCOCCOCO3)c(OCC3COCCOCCOCO3)cc21. The molecule has 0 radical (unpaired) electrons. The highest BCUT2D eigenvalue weighted by molar-refractivity contribution is 6.08. The van der Waals surface area contributed by atoms with E-state index in [4.69, 9.17) is 219 Å². The summed E-state index contributed by atoms with van der Waals surface area (Å²) in [5.41, 5.74) is 2.45. The van der Waals surface area contributed by atoms with Crippen LogP contribution in [0, 0.1) is 0 Å². The van der Waals surface area contributed by atoms with Crippen LogP contribution in [0.15, 0.2) is 48.5 Å². The molecule has 48 heteroatoms. The van der Waals surface area contributed by atoms with Gasteiger partial charge >= 0.3 is 0 Å². The second-order valence-electron chi connectivity index (χ2n) is 33.5. The standard InChI is InChI=1S/C96H130N8O40/c1-17-113-41-65(137-57-121-25-9-105-1)49-129-81-33-73-74(34-82(81)130-50-66-42-114-18-2-106-10-26-122-58-138-66)90-97-89(73)101-91-75-35-83(131-51-67-43-115-19-3-107-11-27-123-59-139-67)84(132-52-68-44-116-20-4-108-12-28-124-60-140-68)36-76(75)93(98-91)103-95-79-39-87(135-55-71-47-119-23-7-111-15-31-127-63-143-71)88(136-56-72-48-120-24-8-112-16-32-128-64-144-72)40-80(79)96(100-95)104-94-78-38-86(134-54-70-46-118-22-6-110-14-30-126-62-142-70)85(37-77(78)92(99-94)102-90)133-53-69-45-117-21-5-109-13-29-125-61-141-69/h33-40,65-72H,1-32,41-64H2,(H2,97,98,99,100,101,102,103,104). The van der Waals surface area contributed by atoms with E-state index >= 15 is 0 Å². The van der Waals surface area contributed by atoms with Crippen LogP contribution in [-0.4, -0.2) is 460 Å². The first-order chi connectivity index (χ1) is 71.5. The monoisotopic (exact) mass is 2030 g/mol. The molecule has 48 nitrogen and oxygen atoms in total. The lowest BCUT2D eigenvalue weighted by atomic mass is 10.1. The zero-order valence-corrected chi connectivity index (χ0v) is 80.8. The van der Waals surface area contributed by atoms with Gasteiger partial charge in [0.25, 0.3) is 0 Å². The number of hydrogen-bond acceptors (Lipinski definition) is 46. The van der Waals surface area contributed by atoms with Crippen LogP contribution in [0.4, 0.5) is 0 Å². The fourth-order valence-electron chi connectivity index (χ4n) is 15.4. The first-order valence-corrected chi connectivity index (χ1v) is 48.8. The van der Waals surface area contributed by atoms with Crippen molar-refractivity contribution in [1.29, 1.82) is 0 Å². The molecule has 3 aromatic heterocycles. The zero-order valence-electron chi connectivity index (χ0n) is 80.8. The molecule has 0 aliphatic carbocycles. The van der Waals surface area contributed by atoms with Gasteiger partial charge in [0.2, 0.25) is 0 Å². The number of benzene rings is 4. The molecule has 8 saturated heterocycles. The maximum atomic E-state index is 6.98. The van der Waals surface area contributed by atoms with Crippen molar-refractivity contribution in [1.82, 2.24) is 39.9 Å². The van der Waals surface area contributed by atoms with Crippen molar-refractivity contribution in [2.45, 2.75) is 48.8 Å². The average Bonchev–Trinajstić information content (AvgIpc) is 1.58. The van der Waals surface area contributed by atoms with Gasteiger partial charge in [-0.15, -0.1) is 0 Å². The van der Waals surface area contributed by atoms with Gasteiger partial charge in [0.15, 0.2) is 69.3 Å². The number of nitrogens with zero attached hydrogens (tertiary/aromatic N) is 6. The van der Waals surface area contributed by atoms with Gasteiger partial charge in [-0.25, -0.2) is 29.9 Å². The predicted octanol–water partition coefficient (Wildman–Crippen LogP) is 5.15. The maximum Gasteiger partial charge on any atom is 0.164 e. The Labute approximate surface area is 830 Å². The topological polar surface area (TPSA) is 478 Å². The summed E-state index contributed by atoms with van der Waals surface area (Å²) in [7, 11) is 0. The molecule has 0 amide bonds. The Bertz CT molecular complexity index is 4450. The van der Waals surface area contributed by atoms with E-state index in [1.54, 1.807) is 48.5 Å². The second kappa shape index (κ2) is 60.1. The van der Waals surface area contributed by atoms with Gasteiger partial charge in [0, 0.05) is 43.8 Å². The van der Waals surface area contributed by atoms with E-state index in [1.165, 1.54) is 0 Å². The van der Waals surface area contributed by atoms with E-state index in [1.807, 2.05) is 0 Å². The van der Waals surface area contributed by atoms with Crippen LogP contribution in [-0.2, 0) is 152 Å². The molecular formula is C96H130N8O40. The van der Waals surface area contributed by atoms with Crippen molar-refractivity contribution in [3.8, 4) is 91.5 Å². The fraction of sp³-hybridized carbons (Fsp3) is 0.667. The Hall–Kier alpha value is -8.64.